The first kappa shape index (κ1) is 21.6. The van der Waals surface area contributed by atoms with Gasteiger partial charge in [-0.2, -0.15) is 0 Å². The minimum Gasteiger partial charge on any atom is -0.451 e. The van der Waals surface area contributed by atoms with Gasteiger partial charge in [0.25, 0.3) is 5.91 Å². The SMILES string of the molecule is C=CCNc1nc(C(=O)OCC(=O)Nc2c(C(C)C)cccc2C(C)C)cs1. The van der Waals surface area contributed by atoms with Crippen LogP contribution >= 0.6 is 11.3 Å². The van der Waals surface area contributed by atoms with Gasteiger partial charge < -0.3 is 15.4 Å². The number of thiazole rings is 1. The van der Waals surface area contributed by atoms with Gasteiger partial charge >= 0.3 is 5.97 Å². The number of aromatic nitrogens is 1. The van der Waals surface area contributed by atoms with Gasteiger partial charge in [-0.15, -0.1) is 17.9 Å². The molecule has 0 aliphatic rings. The number of carbonyl (C=O) groups is 2. The van der Waals surface area contributed by atoms with Crippen molar-refractivity contribution in [2.24, 2.45) is 0 Å². The second kappa shape index (κ2) is 10.0. The van der Waals surface area contributed by atoms with Gasteiger partial charge in [-0.3, -0.25) is 4.79 Å². The van der Waals surface area contributed by atoms with Crippen molar-refractivity contribution in [3.63, 3.8) is 0 Å². The molecule has 0 atom stereocenters. The van der Waals surface area contributed by atoms with Crippen molar-refractivity contribution in [2.45, 2.75) is 39.5 Å². The Morgan fingerprint density at radius 3 is 2.43 bits per heavy atom. The zero-order chi connectivity index (χ0) is 20.7. The van der Waals surface area contributed by atoms with Crippen LogP contribution in [0.5, 0.6) is 0 Å². The topological polar surface area (TPSA) is 80.3 Å². The average Bonchev–Trinajstić information content (AvgIpc) is 3.13. The first-order valence-electron chi connectivity index (χ1n) is 9.23. The molecule has 0 unspecified atom stereocenters. The van der Waals surface area contributed by atoms with E-state index in [4.69, 9.17) is 4.74 Å². The van der Waals surface area contributed by atoms with Gasteiger partial charge in [0.15, 0.2) is 17.4 Å². The minimum atomic E-state index is -0.626. The molecule has 150 valence electrons. The van der Waals surface area contributed by atoms with Crippen LogP contribution in [0.1, 0.15) is 61.1 Å². The Hall–Kier alpha value is -2.67. The summed E-state index contributed by atoms with van der Waals surface area (Å²) in [6.07, 6.45) is 1.70. The van der Waals surface area contributed by atoms with Crippen LogP contribution in [0.2, 0.25) is 0 Å². The van der Waals surface area contributed by atoms with Crippen LogP contribution in [0.15, 0.2) is 36.2 Å². The van der Waals surface area contributed by atoms with Crippen molar-refractivity contribution >= 4 is 34.0 Å². The van der Waals surface area contributed by atoms with Crippen molar-refractivity contribution in [1.29, 1.82) is 0 Å². The number of ether oxygens (including phenoxy) is 1. The predicted octanol–water partition coefficient (Wildman–Crippen LogP) is 4.78. The third-order valence-corrected chi connectivity index (χ3v) is 4.88. The highest BCUT2D eigenvalue weighted by atomic mass is 32.1. The summed E-state index contributed by atoms with van der Waals surface area (Å²) in [5.41, 5.74) is 3.10. The maximum absolute atomic E-state index is 12.4. The first-order valence-corrected chi connectivity index (χ1v) is 10.1. The van der Waals surface area contributed by atoms with E-state index in [1.54, 1.807) is 11.5 Å². The molecule has 0 spiro atoms. The Morgan fingerprint density at radius 1 is 1.21 bits per heavy atom. The van der Waals surface area contributed by atoms with E-state index in [9.17, 15) is 9.59 Å². The van der Waals surface area contributed by atoms with Gasteiger partial charge in [0, 0.05) is 17.6 Å². The quantitative estimate of drug-likeness (QED) is 0.467. The van der Waals surface area contributed by atoms with E-state index in [1.807, 2.05) is 18.2 Å². The molecule has 0 aliphatic carbocycles. The molecular formula is C21H27N3O3S. The molecule has 28 heavy (non-hydrogen) atoms. The molecule has 0 fully saturated rings. The number of para-hydroxylation sites is 1. The van der Waals surface area contributed by atoms with Gasteiger partial charge in [0.1, 0.15) is 0 Å². The second-order valence-corrected chi connectivity index (χ2v) is 7.81. The number of benzene rings is 1. The standard InChI is InChI=1S/C21H27N3O3S/c1-6-10-22-21-23-17(12-28-21)20(26)27-11-18(25)24-19-15(13(2)3)8-7-9-16(19)14(4)5/h6-9,12-14H,1,10-11H2,2-5H3,(H,22,23)(H,24,25). The molecule has 0 bridgehead atoms. The van der Waals surface area contributed by atoms with E-state index in [0.29, 0.717) is 11.7 Å². The zero-order valence-corrected chi connectivity index (χ0v) is 17.6. The van der Waals surface area contributed by atoms with E-state index in [1.165, 1.54) is 11.3 Å². The first-order chi connectivity index (χ1) is 13.3. The number of esters is 1. The Kier molecular flexibility index (Phi) is 7.75. The summed E-state index contributed by atoms with van der Waals surface area (Å²) < 4.78 is 5.13. The summed E-state index contributed by atoms with van der Waals surface area (Å²) in [6.45, 7) is 12.1. The maximum Gasteiger partial charge on any atom is 0.358 e. The summed E-state index contributed by atoms with van der Waals surface area (Å²) in [7, 11) is 0. The van der Waals surface area contributed by atoms with E-state index in [-0.39, 0.29) is 30.0 Å². The highest BCUT2D eigenvalue weighted by Gasteiger charge is 2.18. The number of anilines is 2. The fraction of sp³-hybridized carbons (Fsp3) is 0.381. The Bertz CT molecular complexity index is 817. The Balaban J connectivity index is 2.02. The van der Waals surface area contributed by atoms with Crippen LogP contribution < -0.4 is 10.6 Å². The normalized spacial score (nSPS) is 10.8. The lowest BCUT2D eigenvalue weighted by Gasteiger charge is -2.20. The van der Waals surface area contributed by atoms with Crippen molar-refractivity contribution in [3.05, 3.63) is 53.1 Å². The van der Waals surface area contributed by atoms with Crippen molar-refractivity contribution in [1.82, 2.24) is 4.98 Å². The molecule has 0 aliphatic heterocycles. The summed E-state index contributed by atoms with van der Waals surface area (Å²) in [4.78, 5) is 28.7. The van der Waals surface area contributed by atoms with Crippen LogP contribution in [0.3, 0.4) is 0 Å². The van der Waals surface area contributed by atoms with Gasteiger partial charge in [-0.25, -0.2) is 9.78 Å². The minimum absolute atomic E-state index is 0.176. The number of rotatable bonds is 9. The highest BCUT2D eigenvalue weighted by Crippen LogP contribution is 2.32. The molecule has 6 nitrogen and oxygen atoms in total. The summed E-state index contributed by atoms with van der Waals surface area (Å²) in [6, 6.07) is 6.01. The van der Waals surface area contributed by atoms with Gasteiger partial charge in [-0.05, 0) is 23.0 Å². The Morgan fingerprint density at radius 2 is 1.86 bits per heavy atom. The average molecular weight is 402 g/mol. The second-order valence-electron chi connectivity index (χ2n) is 6.95. The molecule has 7 heteroatoms. The smallest absolute Gasteiger partial charge is 0.358 e. The number of nitrogens with one attached hydrogen (secondary N) is 2. The number of hydrogen-bond acceptors (Lipinski definition) is 6. The fourth-order valence-electron chi connectivity index (χ4n) is 2.68. The molecule has 1 heterocycles. The largest absolute Gasteiger partial charge is 0.451 e. The van der Waals surface area contributed by atoms with Crippen LogP contribution in [-0.2, 0) is 9.53 Å². The lowest BCUT2D eigenvalue weighted by molar-refractivity contribution is -0.119. The van der Waals surface area contributed by atoms with Crippen molar-refractivity contribution < 1.29 is 14.3 Å². The van der Waals surface area contributed by atoms with E-state index in [2.05, 4.69) is 49.9 Å². The van der Waals surface area contributed by atoms with Gasteiger partial charge in [0.2, 0.25) is 0 Å². The fourth-order valence-corrected chi connectivity index (χ4v) is 3.37. The zero-order valence-electron chi connectivity index (χ0n) is 16.7. The maximum atomic E-state index is 12.4. The molecule has 1 aromatic heterocycles. The number of carbonyl (C=O) groups excluding carboxylic acids is 2. The van der Waals surface area contributed by atoms with Crippen LogP contribution in [0, 0.1) is 0 Å². The van der Waals surface area contributed by atoms with Crippen LogP contribution in [0.4, 0.5) is 10.8 Å². The molecule has 1 aromatic carbocycles. The molecule has 0 saturated heterocycles. The number of amides is 1. The summed E-state index contributed by atoms with van der Waals surface area (Å²) in [5.74, 6) is -0.482. The molecule has 2 aromatic rings. The summed E-state index contributed by atoms with van der Waals surface area (Å²) >= 11 is 1.29. The lowest BCUT2D eigenvalue weighted by Crippen LogP contribution is -2.23. The molecule has 0 saturated carbocycles. The van der Waals surface area contributed by atoms with Crippen molar-refractivity contribution in [3.8, 4) is 0 Å². The van der Waals surface area contributed by atoms with Gasteiger partial charge in [0.05, 0.1) is 0 Å². The van der Waals surface area contributed by atoms with E-state index >= 15 is 0 Å². The van der Waals surface area contributed by atoms with Crippen molar-refractivity contribution in [2.75, 3.05) is 23.8 Å². The van der Waals surface area contributed by atoms with E-state index in [0.717, 1.165) is 16.8 Å². The molecular weight excluding hydrogens is 374 g/mol. The number of nitrogens with zero attached hydrogens (tertiary/aromatic N) is 1. The monoisotopic (exact) mass is 401 g/mol. The third-order valence-electron chi connectivity index (χ3n) is 4.08. The molecule has 2 N–H and O–H groups in total. The van der Waals surface area contributed by atoms with E-state index < -0.39 is 5.97 Å². The van der Waals surface area contributed by atoms with Crippen LogP contribution in [0.25, 0.3) is 0 Å². The predicted molar refractivity (Wildman–Crippen MR) is 114 cm³/mol. The molecule has 0 radical (unpaired) electrons. The summed E-state index contributed by atoms with van der Waals surface area (Å²) in [5, 5.41) is 8.12. The molecule has 1 amide bonds. The van der Waals surface area contributed by atoms with Gasteiger partial charge in [-0.1, -0.05) is 52.0 Å². The highest BCUT2D eigenvalue weighted by molar-refractivity contribution is 7.13. The lowest BCUT2D eigenvalue weighted by atomic mass is 9.92. The van der Waals surface area contributed by atoms with Crippen LogP contribution in [-0.4, -0.2) is 30.0 Å². The third kappa shape index (κ3) is 5.66. The number of hydrogen-bond donors (Lipinski definition) is 2. The molecule has 2 rings (SSSR count). The Labute approximate surface area is 170 Å².